The van der Waals surface area contributed by atoms with Crippen molar-refractivity contribution >= 4 is 6.29 Å². The minimum absolute atomic E-state index is 0.693. The van der Waals surface area contributed by atoms with Crippen LogP contribution in [0.25, 0.3) is 11.1 Å². The minimum atomic E-state index is 0.693. The standard InChI is InChI=1S/C16H12O/c1-2-4-13-5-3-6-16(11-13)15-9-7-14(12-17)8-10-15/h3,5-12H,1H3. The van der Waals surface area contributed by atoms with E-state index in [0.29, 0.717) is 5.56 Å². The van der Waals surface area contributed by atoms with Crippen molar-refractivity contribution in [3.63, 3.8) is 0 Å². The summed E-state index contributed by atoms with van der Waals surface area (Å²) in [5.41, 5.74) is 3.90. The molecule has 0 atom stereocenters. The van der Waals surface area contributed by atoms with Gasteiger partial charge < -0.3 is 0 Å². The molecule has 2 rings (SSSR count). The molecule has 0 spiro atoms. The summed E-state index contributed by atoms with van der Waals surface area (Å²) in [6.45, 7) is 1.82. The lowest BCUT2D eigenvalue weighted by Crippen LogP contribution is -1.82. The lowest BCUT2D eigenvalue weighted by atomic mass is 10.0. The zero-order valence-electron chi connectivity index (χ0n) is 9.60. The van der Waals surface area contributed by atoms with Gasteiger partial charge in [-0.05, 0) is 30.2 Å². The van der Waals surface area contributed by atoms with Crippen LogP contribution < -0.4 is 0 Å². The highest BCUT2D eigenvalue weighted by atomic mass is 16.1. The Kier molecular flexibility index (Phi) is 3.37. The quantitative estimate of drug-likeness (QED) is 0.559. The molecule has 0 N–H and O–H groups in total. The first kappa shape index (κ1) is 11.2. The van der Waals surface area contributed by atoms with E-state index in [2.05, 4.69) is 11.8 Å². The second-order valence-corrected chi connectivity index (χ2v) is 3.70. The SMILES string of the molecule is CC#Cc1cccc(-c2ccc(C=O)cc2)c1. The summed E-state index contributed by atoms with van der Waals surface area (Å²) in [6, 6.07) is 15.6. The van der Waals surface area contributed by atoms with Gasteiger partial charge in [0.25, 0.3) is 0 Å². The largest absolute Gasteiger partial charge is 0.298 e. The first-order chi connectivity index (χ1) is 8.33. The molecule has 0 heterocycles. The molecule has 0 aliphatic rings. The molecule has 0 amide bonds. The first-order valence-electron chi connectivity index (χ1n) is 5.42. The predicted octanol–water partition coefficient (Wildman–Crippen LogP) is 3.54. The van der Waals surface area contributed by atoms with Gasteiger partial charge in [0.05, 0.1) is 0 Å². The van der Waals surface area contributed by atoms with Crippen molar-refractivity contribution in [2.45, 2.75) is 6.92 Å². The van der Waals surface area contributed by atoms with E-state index in [1.807, 2.05) is 55.5 Å². The molecular weight excluding hydrogens is 208 g/mol. The predicted molar refractivity (Wildman–Crippen MR) is 69.8 cm³/mol. The molecule has 2 aromatic rings. The summed E-state index contributed by atoms with van der Waals surface area (Å²) in [6.07, 6.45) is 0.850. The van der Waals surface area contributed by atoms with Gasteiger partial charge in [0.15, 0.2) is 0 Å². The maximum Gasteiger partial charge on any atom is 0.150 e. The Bertz CT molecular complexity index is 583. The van der Waals surface area contributed by atoms with E-state index < -0.39 is 0 Å². The normalized spacial score (nSPS) is 9.24. The molecule has 0 aliphatic heterocycles. The molecule has 2 aromatic carbocycles. The highest BCUT2D eigenvalue weighted by Crippen LogP contribution is 2.20. The van der Waals surface area contributed by atoms with Crippen LogP contribution >= 0.6 is 0 Å². The third-order valence-electron chi connectivity index (χ3n) is 2.51. The van der Waals surface area contributed by atoms with Crippen LogP contribution in [0.3, 0.4) is 0 Å². The van der Waals surface area contributed by atoms with Crippen LogP contribution in [0.1, 0.15) is 22.8 Å². The van der Waals surface area contributed by atoms with Gasteiger partial charge in [-0.1, -0.05) is 42.3 Å². The van der Waals surface area contributed by atoms with Crippen LogP contribution in [0.4, 0.5) is 0 Å². The van der Waals surface area contributed by atoms with Crippen molar-refractivity contribution in [3.8, 4) is 23.0 Å². The second-order valence-electron chi connectivity index (χ2n) is 3.70. The third-order valence-corrected chi connectivity index (χ3v) is 2.51. The Morgan fingerprint density at radius 2 is 1.76 bits per heavy atom. The van der Waals surface area contributed by atoms with E-state index in [-0.39, 0.29) is 0 Å². The Morgan fingerprint density at radius 1 is 1.00 bits per heavy atom. The molecule has 0 bridgehead atoms. The van der Waals surface area contributed by atoms with Gasteiger partial charge in [-0.2, -0.15) is 0 Å². The molecule has 1 heteroatoms. The maximum absolute atomic E-state index is 10.6. The third kappa shape index (κ3) is 2.62. The van der Waals surface area contributed by atoms with Gasteiger partial charge in [0.2, 0.25) is 0 Å². The van der Waals surface area contributed by atoms with Crippen molar-refractivity contribution in [3.05, 3.63) is 59.7 Å². The Labute approximate surface area is 101 Å². The second kappa shape index (κ2) is 5.14. The summed E-state index contributed by atoms with van der Waals surface area (Å²) in [7, 11) is 0. The summed E-state index contributed by atoms with van der Waals surface area (Å²) in [5.74, 6) is 5.92. The molecule has 0 fully saturated rings. The average molecular weight is 220 g/mol. The van der Waals surface area contributed by atoms with Crippen molar-refractivity contribution < 1.29 is 4.79 Å². The fraction of sp³-hybridized carbons (Fsp3) is 0.0625. The zero-order chi connectivity index (χ0) is 12.1. The minimum Gasteiger partial charge on any atom is -0.298 e. The summed E-state index contributed by atoms with van der Waals surface area (Å²) in [4.78, 5) is 10.6. The average Bonchev–Trinajstić information content (AvgIpc) is 2.40. The number of carbonyl (C=O) groups excluding carboxylic acids is 1. The molecule has 1 nitrogen and oxygen atoms in total. The van der Waals surface area contributed by atoms with Crippen molar-refractivity contribution in [2.24, 2.45) is 0 Å². The van der Waals surface area contributed by atoms with Crippen LogP contribution in [0, 0.1) is 11.8 Å². The van der Waals surface area contributed by atoms with Gasteiger partial charge >= 0.3 is 0 Å². The molecule has 82 valence electrons. The summed E-state index contributed by atoms with van der Waals surface area (Å²) < 4.78 is 0. The van der Waals surface area contributed by atoms with Crippen LogP contribution in [0.5, 0.6) is 0 Å². The first-order valence-corrected chi connectivity index (χ1v) is 5.42. The van der Waals surface area contributed by atoms with Gasteiger partial charge in [0, 0.05) is 11.1 Å². The molecule has 17 heavy (non-hydrogen) atoms. The molecule has 0 saturated carbocycles. The van der Waals surface area contributed by atoms with Crippen molar-refractivity contribution in [1.29, 1.82) is 0 Å². The number of rotatable bonds is 2. The Morgan fingerprint density at radius 3 is 2.41 bits per heavy atom. The zero-order valence-corrected chi connectivity index (χ0v) is 9.60. The lowest BCUT2D eigenvalue weighted by Gasteiger charge is -2.02. The van der Waals surface area contributed by atoms with Gasteiger partial charge in [-0.15, -0.1) is 5.92 Å². The number of hydrogen-bond acceptors (Lipinski definition) is 1. The smallest absolute Gasteiger partial charge is 0.150 e. The van der Waals surface area contributed by atoms with Crippen LogP contribution in [0.2, 0.25) is 0 Å². The molecule has 0 saturated heterocycles. The highest BCUT2D eigenvalue weighted by molar-refractivity contribution is 5.77. The monoisotopic (exact) mass is 220 g/mol. The molecule has 0 radical (unpaired) electrons. The molecule has 0 aliphatic carbocycles. The van der Waals surface area contributed by atoms with Gasteiger partial charge in [-0.3, -0.25) is 4.79 Å². The van der Waals surface area contributed by atoms with Crippen LogP contribution in [-0.2, 0) is 0 Å². The van der Waals surface area contributed by atoms with E-state index in [0.717, 1.165) is 23.0 Å². The van der Waals surface area contributed by atoms with Crippen LogP contribution in [-0.4, -0.2) is 6.29 Å². The van der Waals surface area contributed by atoms with E-state index in [1.54, 1.807) is 0 Å². The van der Waals surface area contributed by atoms with Crippen molar-refractivity contribution in [1.82, 2.24) is 0 Å². The molecule has 0 aromatic heterocycles. The number of carbonyl (C=O) groups is 1. The van der Waals surface area contributed by atoms with Gasteiger partial charge in [0.1, 0.15) is 6.29 Å². The van der Waals surface area contributed by atoms with Gasteiger partial charge in [-0.25, -0.2) is 0 Å². The number of benzene rings is 2. The topological polar surface area (TPSA) is 17.1 Å². The number of hydrogen-bond donors (Lipinski definition) is 0. The van der Waals surface area contributed by atoms with E-state index in [1.165, 1.54) is 0 Å². The molecule has 0 unspecified atom stereocenters. The van der Waals surface area contributed by atoms with E-state index in [4.69, 9.17) is 0 Å². The highest BCUT2D eigenvalue weighted by Gasteiger charge is 1.98. The Balaban J connectivity index is 2.40. The van der Waals surface area contributed by atoms with E-state index >= 15 is 0 Å². The summed E-state index contributed by atoms with van der Waals surface area (Å²) in [5, 5.41) is 0. The lowest BCUT2D eigenvalue weighted by molar-refractivity contribution is 0.112. The fourth-order valence-corrected chi connectivity index (χ4v) is 1.67. The number of aldehydes is 1. The fourth-order valence-electron chi connectivity index (χ4n) is 1.67. The molecular formula is C16H12O. The maximum atomic E-state index is 10.6. The Hall–Kier alpha value is -2.33. The van der Waals surface area contributed by atoms with Crippen molar-refractivity contribution in [2.75, 3.05) is 0 Å². The van der Waals surface area contributed by atoms with E-state index in [9.17, 15) is 4.79 Å². The summed E-state index contributed by atoms with van der Waals surface area (Å²) >= 11 is 0. The van der Waals surface area contributed by atoms with Crippen LogP contribution in [0.15, 0.2) is 48.5 Å².